The van der Waals surface area contributed by atoms with Crippen molar-refractivity contribution in [3.05, 3.63) is 59.7 Å². The molecule has 2 aromatic rings. The number of hydrogen-bond donors (Lipinski definition) is 3. The summed E-state index contributed by atoms with van der Waals surface area (Å²) >= 11 is 0. The molecule has 2 aromatic carbocycles. The summed E-state index contributed by atoms with van der Waals surface area (Å²) in [5.41, 5.74) is 3.03. The summed E-state index contributed by atoms with van der Waals surface area (Å²) in [7, 11) is 3.02. The first-order chi connectivity index (χ1) is 14.5. The highest BCUT2D eigenvalue weighted by Gasteiger charge is 2.07. The molecule has 1 amide bonds. The lowest BCUT2D eigenvalue weighted by molar-refractivity contribution is 0.187. The first kappa shape index (κ1) is 26.5. The second-order valence-corrected chi connectivity index (χ2v) is 6.90. The van der Waals surface area contributed by atoms with Gasteiger partial charge < -0.3 is 20.1 Å². The van der Waals surface area contributed by atoms with Crippen LogP contribution in [-0.2, 0) is 11.3 Å². The zero-order chi connectivity index (χ0) is 21.8. The van der Waals surface area contributed by atoms with Gasteiger partial charge in [-0.15, -0.1) is 24.0 Å². The number of amides is 1. The fraction of sp³-hybridized carbons (Fsp3) is 0.391. The van der Waals surface area contributed by atoms with E-state index in [0.29, 0.717) is 18.2 Å². The van der Waals surface area contributed by atoms with E-state index < -0.39 is 6.09 Å². The van der Waals surface area contributed by atoms with Crippen molar-refractivity contribution < 1.29 is 14.3 Å². The molecule has 2 rings (SSSR count). The predicted octanol–water partition coefficient (Wildman–Crippen LogP) is 4.74. The number of ether oxygens (including phenoxy) is 2. The van der Waals surface area contributed by atoms with Gasteiger partial charge in [0.25, 0.3) is 0 Å². The maximum absolute atomic E-state index is 11.2. The first-order valence-corrected chi connectivity index (χ1v) is 10.2. The van der Waals surface area contributed by atoms with E-state index in [1.165, 1.54) is 12.7 Å². The summed E-state index contributed by atoms with van der Waals surface area (Å²) < 4.78 is 9.81. The van der Waals surface area contributed by atoms with E-state index in [-0.39, 0.29) is 24.0 Å². The van der Waals surface area contributed by atoms with Crippen molar-refractivity contribution in [2.45, 2.75) is 32.7 Å². The molecule has 0 saturated heterocycles. The normalized spacial score (nSPS) is 11.7. The fourth-order valence-corrected chi connectivity index (χ4v) is 2.88. The minimum absolute atomic E-state index is 0. The zero-order valence-corrected chi connectivity index (χ0v) is 20.9. The van der Waals surface area contributed by atoms with Crippen LogP contribution in [0.25, 0.3) is 0 Å². The van der Waals surface area contributed by atoms with Gasteiger partial charge in [-0.05, 0) is 54.7 Å². The van der Waals surface area contributed by atoms with Crippen LogP contribution in [0.15, 0.2) is 53.5 Å². The van der Waals surface area contributed by atoms with Gasteiger partial charge in [-0.3, -0.25) is 5.32 Å². The summed E-state index contributed by atoms with van der Waals surface area (Å²) in [5.74, 6) is 2.09. The number of nitrogens with zero attached hydrogens (tertiary/aromatic N) is 1. The van der Waals surface area contributed by atoms with E-state index in [2.05, 4.69) is 44.7 Å². The molecule has 0 bridgehead atoms. The summed E-state index contributed by atoms with van der Waals surface area (Å²) in [4.78, 5) is 15.9. The molecule has 3 N–H and O–H groups in total. The SMILES string of the molecule is CCNC(=NCc1ccc(NC(=O)OC)cc1)NCCC(C)c1ccc(OC)cc1.I. The fourth-order valence-electron chi connectivity index (χ4n) is 2.88. The van der Waals surface area contributed by atoms with Gasteiger partial charge >= 0.3 is 6.09 Å². The molecule has 31 heavy (non-hydrogen) atoms. The zero-order valence-electron chi connectivity index (χ0n) is 18.6. The van der Waals surface area contributed by atoms with E-state index >= 15 is 0 Å². The van der Waals surface area contributed by atoms with Crippen LogP contribution in [0.2, 0.25) is 0 Å². The van der Waals surface area contributed by atoms with Crippen molar-refractivity contribution in [1.82, 2.24) is 10.6 Å². The van der Waals surface area contributed by atoms with Crippen LogP contribution >= 0.6 is 24.0 Å². The highest BCUT2D eigenvalue weighted by molar-refractivity contribution is 14.0. The molecule has 0 aromatic heterocycles. The molecule has 0 fully saturated rings. The Morgan fingerprint density at radius 1 is 1.03 bits per heavy atom. The average Bonchev–Trinajstić information content (AvgIpc) is 2.78. The monoisotopic (exact) mass is 540 g/mol. The summed E-state index contributed by atoms with van der Waals surface area (Å²) in [6.07, 6.45) is 0.508. The Morgan fingerprint density at radius 3 is 2.29 bits per heavy atom. The van der Waals surface area contributed by atoms with Crippen molar-refractivity contribution in [1.29, 1.82) is 0 Å². The molecule has 0 aliphatic carbocycles. The Bertz CT molecular complexity index is 811. The average molecular weight is 540 g/mol. The van der Waals surface area contributed by atoms with Gasteiger partial charge in [-0.2, -0.15) is 0 Å². The number of aliphatic imine (C=N–C) groups is 1. The minimum atomic E-state index is -0.483. The van der Waals surface area contributed by atoms with Crippen LogP contribution < -0.4 is 20.7 Å². The molecule has 0 spiro atoms. The topological polar surface area (TPSA) is 84.0 Å². The van der Waals surface area contributed by atoms with E-state index in [4.69, 9.17) is 4.74 Å². The van der Waals surface area contributed by atoms with Crippen LogP contribution in [-0.4, -0.2) is 39.4 Å². The second-order valence-electron chi connectivity index (χ2n) is 6.90. The maximum Gasteiger partial charge on any atom is 0.411 e. The summed E-state index contributed by atoms with van der Waals surface area (Å²) in [5, 5.41) is 9.31. The lowest BCUT2D eigenvalue weighted by Crippen LogP contribution is -2.38. The van der Waals surface area contributed by atoms with Crippen molar-refractivity contribution in [3.63, 3.8) is 0 Å². The van der Waals surface area contributed by atoms with Gasteiger partial charge in [0.05, 0.1) is 20.8 Å². The van der Waals surface area contributed by atoms with Crippen LogP contribution in [0.3, 0.4) is 0 Å². The largest absolute Gasteiger partial charge is 0.497 e. The van der Waals surface area contributed by atoms with Crippen LogP contribution in [0.1, 0.15) is 37.3 Å². The van der Waals surface area contributed by atoms with Crippen LogP contribution in [0, 0.1) is 0 Å². The predicted molar refractivity (Wildman–Crippen MR) is 137 cm³/mol. The van der Waals surface area contributed by atoms with E-state index in [9.17, 15) is 4.79 Å². The molecule has 0 aliphatic rings. The third-order valence-corrected chi connectivity index (χ3v) is 4.70. The molecule has 0 radical (unpaired) electrons. The Balaban J connectivity index is 0.00000480. The molecular weight excluding hydrogens is 507 g/mol. The Hall–Kier alpha value is -2.49. The number of guanidine groups is 1. The standard InChI is InChI=1S/C23H32N4O3.HI/c1-5-24-22(25-15-14-17(2)19-8-12-21(29-3)13-9-19)26-16-18-6-10-20(11-7-18)27-23(28)30-4;/h6-13,17H,5,14-16H2,1-4H3,(H,27,28)(H2,24,25,26);1H. The van der Waals surface area contributed by atoms with Gasteiger partial charge in [-0.1, -0.05) is 31.2 Å². The number of anilines is 1. The number of benzene rings is 2. The quantitative estimate of drug-likeness (QED) is 0.243. The van der Waals surface area contributed by atoms with E-state index in [1.54, 1.807) is 7.11 Å². The van der Waals surface area contributed by atoms with E-state index in [0.717, 1.165) is 36.8 Å². The number of nitrogens with one attached hydrogen (secondary N) is 3. The van der Waals surface area contributed by atoms with Gasteiger partial charge in [-0.25, -0.2) is 9.79 Å². The molecule has 1 atom stereocenters. The first-order valence-electron chi connectivity index (χ1n) is 10.2. The smallest absolute Gasteiger partial charge is 0.411 e. The van der Waals surface area contributed by atoms with E-state index in [1.807, 2.05) is 43.3 Å². The molecule has 170 valence electrons. The number of carbonyl (C=O) groups excluding carboxylic acids is 1. The van der Waals surface area contributed by atoms with Crippen LogP contribution in [0.4, 0.5) is 10.5 Å². The molecule has 0 saturated carbocycles. The maximum atomic E-state index is 11.2. The molecule has 1 unspecified atom stereocenters. The summed E-state index contributed by atoms with van der Waals surface area (Å²) in [6, 6.07) is 15.8. The summed E-state index contributed by atoms with van der Waals surface area (Å²) in [6.45, 7) is 6.42. The Morgan fingerprint density at radius 2 is 1.71 bits per heavy atom. The molecule has 8 heteroatoms. The highest BCUT2D eigenvalue weighted by atomic mass is 127. The molecular formula is C23H33IN4O3. The molecule has 0 heterocycles. The minimum Gasteiger partial charge on any atom is -0.497 e. The Labute approximate surface area is 202 Å². The van der Waals surface area contributed by atoms with Gasteiger partial charge in [0.15, 0.2) is 5.96 Å². The number of rotatable bonds is 9. The van der Waals surface area contributed by atoms with Gasteiger partial charge in [0.1, 0.15) is 5.75 Å². The van der Waals surface area contributed by atoms with Gasteiger partial charge in [0, 0.05) is 18.8 Å². The van der Waals surface area contributed by atoms with Crippen molar-refractivity contribution >= 4 is 41.7 Å². The molecule has 7 nitrogen and oxygen atoms in total. The number of hydrogen-bond acceptors (Lipinski definition) is 4. The Kier molecular flexibility index (Phi) is 12.4. The van der Waals surface area contributed by atoms with Crippen molar-refractivity contribution in [2.24, 2.45) is 4.99 Å². The van der Waals surface area contributed by atoms with Crippen molar-refractivity contribution in [2.75, 3.05) is 32.6 Å². The third kappa shape index (κ3) is 9.46. The number of carbonyl (C=O) groups is 1. The molecule has 0 aliphatic heterocycles. The third-order valence-electron chi connectivity index (χ3n) is 4.70. The number of halogens is 1. The van der Waals surface area contributed by atoms with Crippen LogP contribution in [0.5, 0.6) is 5.75 Å². The van der Waals surface area contributed by atoms with Gasteiger partial charge in [0.2, 0.25) is 0 Å². The number of methoxy groups -OCH3 is 2. The second kappa shape index (κ2) is 14.5. The highest BCUT2D eigenvalue weighted by Crippen LogP contribution is 2.21. The lowest BCUT2D eigenvalue weighted by atomic mass is 9.98. The lowest BCUT2D eigenvalue weighted by Gasteiger charge is -2.15. The van der Waals surface area contributed by atoms with Crippen molar-refractivity contribution in [3.8, 4) is 5.75 Å².